The first-order valence-corrected chi connectivity index (χ1v) is 11.0. The van der Waals surface area contributed by atoms with E-state index in [-0.39, 0.29) is 17.2 Å². The Hall–Kier alpha value is -2.08. The molecule has 2 unspecified atom stereocenters. The molecule has 0 aliphatic carbocycles. The van der Waals surface area contributed by atoms with E-state index >= 15 is 0 Å². The van der Waals surface area contributed by atoms with E-state index in [4.69, 9.17) is 9.47 Å². The molecular weight excluding hydrogens is 380 g/mol. The van der Waals surface area contributed by atoms with Crippen LogP contribution in [-0.2, 0) is 4.79 Å². The molecule has 6 nitrogen and oxygen atoms in total. The molecular formula is C24H38N2O4. The van der Waals surface area contributed by atoms with Crippen LogP contribution in [0.1, 0.15) is 64.2 Å². The third-order valence-corrected chi connectivity index (χ3v) is 5.82. The zero-order chi connectivity index (χ0) is 22.3. The number of ether oxygens (including phenoxy) is 2. The fourth-order valence-corrected chi connectivity index (χ4v) is 4.09. The number of rotatable bonds is 10. The highest BCUT2D eigenvalue weighted by Gasteiger charge is 2.32. The molecule has 1 amide bonds. The SMILES string of the molecule is COc1cc(C(C)=O)ccc1OCCCC(=O)NCC(C)(C)N1CC(C)CC(C)C1. The maximum absolute atomic E-state index is 12.3. The summed E-state index contributed by atoms with van der Waals surface area (Å²) in [5.74, 6) is 2.53. The summed E-state index contributed by atoms with van der Waals surface area (Å²) in [6.07, 6.45) is 2.31. The second kappa shape index (κ2) is 10.8. The first-order chi connectivity index (χ1) is 14.1. The van der Waals surface area contributed by atoms with Crippen LogP contribution in [-0.4, -0.2) is 55.5 Å². The fourth-order valence-electron chi connectivity index (χ4n) is 4.09. The van der Waals surface area contributed by atoms with Crippen LogP contribution in [0.25, 0.3) is 0 Å². The Bertz CT molecular complexity index is 722. The van der Waals surface area contributed by atoms with Crippen molar-refractivity contribution >= 4 is 11.7 Å². The molecule has 0 radical (unpaired) electrons. The van der Waals surface area contributed by atoms with Gasteiger partial charge in [-0.25, -0.2) is 0 Å². The lowest BCUT2D eigenvalue weighted by Crippen LogP contribution is -2.56. The molecule has 1 aromatic rings. The van der Waals surface area contributed by atoms with Crippen LogP contribution < -0.4 is 14.8 Å². The number of likely N-dealkylation sites (tertiary alicyclic amines) is 1. The number of carbonyl (C=O) groups is 2. The lowest BCUT2D eigenvalue weighted by Gasteiger charge is -2.45. The lowest BCUT2D eigenvalue weighted by molar-refractivity contribution is -0.122. The number of ketones is 1. The molecule has 168 valence electrons. The van der Waals surface area contributed by atoms with Gasteiger partial charge in [-0.05, 0) is 63.6 Å². The second-order valence-corrected chi connectivity index (χ2v) is 9.31. The van der Waals surface area contributed by atoms with Crippen molar-refractivity contribution in [2.24, 2.45) is 11.8 Å². The highest BCUT2D eigenvalue weighted by Crippen LogP contribution is 2.29. The van der Waals surface area contributed by atoms with Crippen molar-refractivity contribution in [1.82, 2.24) is 10.2 Å². The van der Waals surface area contributed by atoms with Gasteiger partial charge >= 0.3 is 0 Å². The number of carbonyl (C=O) groups excluding carboxylic acids is 2. The number of hydrogen-bond acceptors (Lipinski definition) is 5. The smallest absolute Gasteiger partial charge is 0.220 e. The number of nitrogens with one attached hydrogen (secondary N) is 1. The quantitative estimate of drug-likeness (QED) is 0.461. The number of methoxy groups -OCH3 is 1. The van der Waals surface area contributed by atoms with Gasteiger partial charge in [-0.2, -0.15) is 0 Å². The summed E-state index contributed by atoms with van der Waals surface area (Å²) in [5.41, 5.74) is 0.527. The molecule has 0 aromatic heterocycles. The van der Waals surface area contributed by atoms with Crippen LogP contribution >= 0.6 is 0 Å². The van der Waals surface area contributed by atoms with Crippen LogP contribution in [0.2, 0.25) is 0 Å². The van der Waals surface area contributed by atoms with Gasteiger partial charge in [-0.1, -0.05) is 13.8 Å². The Labute approximate surface area is 181 Å². The van der Waals surface area contributed by atoms with Crippen LogP contribution in [0.15, 0.2) is 18.2 Å². The summed E-state index contributed by atoms with van der Waals surface area (Å²) in [5, 5.41) is 3.09. The largest absolute Gasteiger partial charge is 0.493 e. The molecule has 1 heterocycles. The van der Waals surface area contributed by atoms with E-state index in [0.717, 1.165) is 13.1 Å². The number of Topliss-reactive ketones (excluding diaryl/α,β-unsaturated/α-hetero) is 1. The normalized spacial score (nSPS) is 19.9. The third-order valence-electron chi connectivity index (χ3n) is 5.82. The molecule has 1 aliphatic heterocycles. The Balaban J connectivity index is 1.74. The van der Waals surface area contributed by atoms with Crippen molar-refractivity contribution in [2.45, 2.75) is 59.4 Å². The van der Waals surface area contributed by atoms with Crippen molar-refractivity contribution in [3.8, 4) is 11.5 Å². The van der Waals surface area contributed by atoms with E-state index in [1.807, 2.05) is 0 Å². The van der Waals surface area contributed by atoms with E-state index in [0.29, 0.717) is 54.9 Å². The standard InChI is InChI=1S/C24H38N2O4/c1-17-12-18(2)15-26(14-17)24(4,5)16-25-23(28)8-7-11-30-21-10-9-20(19(3)27)13-22(21)29-6/h9-10,13,17-18H,7-8,11-12,14-16H2,1-6H3,(H,25,28). The maximum Gasteiger partial charge on any atom is 0.220 e. The average Bonchev–Trinajstić information content (AvgIpc) is 2.69. The van der Waals surface area contributed by atoms with Gasteiger partial charge in [0.15, 0.2) is 17.3 Å². The molecule has 30 heavy (non-hydrogen) atoms. The minimum Gasteiger partial charge on any atom is -0.493 e. The lowest BCUT2D eigenvalue weighted by atomic mass is 9.88. The average molecular weight is 419 g/mol. The second-order valence-electron chi connectivity index (χ2n) is 9.31. The molecule has 1 N–H and O–H groups in total. The predicted molar refractivity (Wildman–Crippen MR) is 119 cm³/mol. The van der Waals surface area contributed by atoms with Gasteiger partial charge in [0, 0.05) is 37.2 Å². The van der Waals surface area contributed by atoms with Gasteiger partial charge < -0.3 is 14.8 Å². The summed E-state index contributed by atoms with van der Waals surface area (Å²) in [4.78, 5) is 26.3. The molecule has 1 aromatic carbocycles. The van der Waals surface area contributed by atoms with Crippen LogP contribution in [0.5, 0.6) is 11.5 Å². The van der Waals surface area contributed by atoms with Crippen molar-refractivity contribution in [3.05, 3.63) is 23.8 Å². The number of hydrogen-bond donors (Lipinski definition) is 1. The number of amides is 1. The number of nitrogens with zero attached hydrogens (tertiary/aromatic N) is 1. The molecule has 0 spiro atoms. The Kier molecular flexibility index (Phi) is 8.71. The van der Waals surface area contributed by atoms with Crippen LogP contribution in [0.3, 0.4) is 0 Å². The highest BCUT2D eigenvalue weighted by atomic mass is 16.5. The van der Waals surface area contributed by atoms with E-state index in [9.17, 15) is 9.59 Å². The number of benzene rings is 1. The van der Waals surface area contributed by atoms with Crippen LogP contribution in [0, 0.1) is 11.8 Å². The zero-order valence-corrected chi connectivity index (χ0v) is 19.4. The molecule has 2 atom stereocenters. The minimum atomic E-state index is -0.0546. The molecule has 0 bridgehead atoms. The van der Waals surface area contributed by atoms with Crippen molar-refractivity contribution < 1.29 is 19.1 Å². The van der Waals surface area contributed by atoms with Crippen molar-refractivity contribution in [1.29, 1.82) is 0 Å². The fraction of sp³-hybridized carbons (Fsp3) is 0.667. The minimum absolute atomic E-state index is 0.0205. The number of piperidine rings is 1. The Morgan fingerprint density at radius 3 is 2.43 bits per heavy atom. The molecule has 1 aliphatic rings. The van der Waals surface area contributed by atoms with E-state index in [2.05, 4.69) is 37.9 Å². The molecule has 0 saturated carbocycles. The Morgan fingerprint density at radius 2 is 1.83 bits per heavy atom. The summed E-state index contributed by atoms with van der Waals surface area (Å²) in [6.45, 7) is 13.8. The van der Waals surface area contributed by atoms with E-state index in [1.54, 1.807) is 25.3 Å². The van der Waals surface area contributed by atoms with E-state index < -0.39 is 0 Å². The summed E-state index contributed by atoms with van der Waals surface area (Å²) < 4.78 is 11.1. The summed E-state index contributed by atoms with van der Waals surface area (Å²) in [6, 6.07) is 5.13. The molecule has 2 rings (SSSR count). The van der Waals surface area contributed by atoms with Gasteiger partial charge in [0.25, 0.3) is 0 Å². The Morgan fingerprint density at radius 1 is 1.17 bits per heavy atom. The van der Waals surface area contributed by atoms with Crippen molar-refractivity contribution in [3.63, 3.8) is 0 Å². The maximum atomic E-state index is 12.3. The molecule has 6 heteroatoms. The van der Waals surface area contributed by atoms with E-state index in [1.165, 1.54) is 13.3 Å². The summed E-state index contributed by atoms with van der Waals surface area (Å²) in [7, 11) is 1.55. The third kappa shape index (κ3) is 7.01. The van der Waals surface area contributed by atoms with Gasteiger partial charge in [-0.15, -0.1) is 0 Å². The summed E-state index contributed by atoms with van der Waals surface area (Å²) >= 11 is 0. The first kappa shape index (κ1) is 24.2. The highest BCUT2D eigenvalue weighted by molar-refractivity contribution is 5.94. The topological polar surface area (TPSA) is 67.9 Å². The zero-order valence-electron chi connectivity index (χ0n) is 19.4. The predicted octanol–water partition coefficient (Wildman–Crippen LogP) is 3.93. The van der Waals surface area contributed by atoms with Gasteiger partial charge in [0.1, 0.15) is 0 Å². The van der Waals surface area contributed by atoms with Crippen LogP contribution in [0.4, 0.5) is 0 Å². The molecule has 1 fully saturated rings. The van der Waals surface area contributed by atoms with Gasteiger partial charge in [0.2, 0.25) is 5.91 Å². The monoisotopic (exact) mass is 418 g/mol. The first-order valence-electron chi connectivity index (χ1n) is 11.0. The van der Waals surface area contributed by atoms with Gasteiger partial charge in [0.05, 0.1) is 13.7 Å². The molecule has 1 saturated heterocycles. The van der Waals surface area contributed by atoms with Gasteiger partial charge in [-0.3, -0.25) is 14.5 Å². The van der Waals surface area contributed by atoms with Crippen molar-refractivity contribution in [2.75, 3.05) is 33.4 Å².